The van der Waals surface area contributed by atoms with E-state index in [1.807, 2.05) is 62.4 Å². The summed E-state index contributed by atoms with van der Waals surface area (Å²) in [4.78, 5) is 35.5. The van der Waals surface area contributed by atoms with E-state index in [2.05, 4.69) is 10.6 Å². The predicted octanol–water partition coefficient (Wildman–Crippen LogP) is 3.05. The second-order valence-corrected chi connectivity index (χ2v) is 6.45. The molecule has 2 amide bonds. The molecule has 142 valence electrons. The number of hydrogen-bond acceptors (Lipinski definition) is 4. The highest BCUT2D eigenvalue weighted by Crippen LogP contribution is 2.17. The van der Waals surface area contributed by atoms with Gasteiger partial charge in [0.2, 0.25) is 5.91 Å². The number of hydrogen-bond donors (Lipinski definition) is 2. The summed E-state index contributed by atoms with van der Waals surface area (Å²) in [5.74, 6) is -1.22. The van der Waals surface area contributed by atoms with Gasteiger partial charge >= 0.3 is 5.97 Å². The SMILES string of the molecule is CC(=O)N[C@@H](CC(=O)OCC(=O)Nc1cc(C)cc(C)c1)c1ccccc1. The van der Waals surface area contributed by atoms with Crippen molar-refractivity contribution in [3.63, 3.8) is 0 Å². The van der Waals surface area contributed by atoms with Crippen LogP contribution in [0, 0.1) is 13.8 Å². The average molecular weight is 368 g/mol. The molecule has 0 fully saturated rings. The van der Waals surface area contributed by atoms with E-state index in [1.165, 1.54) is 6.92 Å². The molecule has 1 atom stereocenters. The van der Waals surface area contributed by atoms with E-state index in [4.69, 9.17) is 4.74 Å². The highest BCUT2D eigenvalue weighted by molar-refractivity contribution is 5.93. The molecule has 0 saturated heterocycles. The molecule has 0 heterocycles. The first-order chi connectivity index (χ1) is 12.8. The minimum Gasteiger partial charge on any atom is -0.455 e. The predicted molar refractivity (Wildman–Crippen MR) is 103 cm³/mol. The van der Waals surface area contributed by atoms with Gasteiger partial charge in [-0.05, 0) is 42.7 Å². The van der Waals surface area contributed by atoms with E-state index in [0.29, 0.717) is 5.69 Å². The zero-order valence-corrected chi connectivity index (χ0v) is 15.7. The summed E-state index contributed by atoms with van der Waals surface area (Å²) < 4.78 is 5.07. The van der Waals surface area contributed by atoms with Gasteiger partial charge in [-0.25, -0.2) is 0 Å². The number of benzene rings is 2. The molecule has 0 radical (unpaired) electrons. The largest absolute Gasteiger partial charge is 0.455 e. The molecule has 0 aliphatic rings. The van der Waals surface area contributed by atoms with Crippen LogP contribution in [0.25, 0.3) is 0 Å². The van der Waals surface area contributed by atoms with E-state index in [1.54, 1.807) is 0 Å². The molecule has 0 bridgehead atoms. The number of carbonyl (C=O) groups excluding carboxylic acids is 3. The fourth-order valence-electron chi connectivity index (χ4n) is 2.80. The number of esters is 1. The van der Waals surface area contributed by atoms with Gasteiger partial charge in [0, 0.05) is 12.6 Å². The Bertz CT molecular complexity index is 798. The molecule has 6 heteroatoms. The number of rotatable bonds is 7. The van der Waals surface area contributed by atoms with Crippen LogP contribution in [-0.4, -0.2) is 24.4 Å². The van der Waals surface area contributed by atoms with E-state index in [0.717, 1.165) is 16.7 Å². The van der Waals surface area contributed by atoms with Crippen molar-refractivity contribution >= 4 is 23.5 Å². The van der Waals surface area contributed by atoms with Crippen molar-refractivity contribution in [2.75, 3.05) is 11.9 Å². The Morgan fingerprint density at radius 3 is 2.22 bits per heavy atom. The number of carbonyl (C=O) groups is 3. The van der Waals surface area contributed by atoms with Gasteiger partial charge in [-0.1, -0.05) is 36.4 Å². The highest BCUT2D eigenvalue weighted by atomic mass is 16.5. The lowest BCUT2D eigenvalue weighted by atomic mass is 10.0. The summed E-state index contributed by atoms with van der Waals surface area (Å²) >= 11 is 0. The Kier molecular flexibility index (Phi) is 7.11. The lowest BCUT2D eigenvalue weighted by Gasteiger charge is -2.17. The van der Waals surface area contributed by atoms with Crippen LogP contribution in [0.5, 0.6) is 0 Å². The zero-order chi connectivity index (χ0) is 19.8. The minimum absolute atomic E-state index is 0.0551. The summed E-state index contributed by atoms with van der Waals surface area (Å²) in [6, 6.07) is 14.3. The van der Waals surface area contributed by atoms with Crippen molar-refractivity contribution in [1.82, 2.24) is 5.32 Å². The average Bonchev–Trinajstić information content (AvgIpc) is 2.59. The third kappa shape index (κ3) is 6.93. The van der Waals surface area contributed by atoms with Crippen LogP contribution in [0.2, 0.25) is 0 Å². The van der Waals surface area contributed by atoms with Crippen molar-refractivity contribution in [2.24, 2.45) is 0 Å². The van der Waals surface area contributed by atoms with Crippen LogP contribution in [0.1, 0.15) is 36.1 Å². The maximum atomic E-state index is 12.1. The molecule has 2 aromatic carbocycles. The smallest absolute Gasteiger partial charge is 0.308 e. The van der Waals surface area contributed by atoms with Crippen LogP contribution in [0.15, 0.2) is 48.5 Å². The lowest BCUT2D eigenvalue weighted by molar-refractivity contribution is -0.148. The number of nitrogens with one attached hydrogen (secondary N) is 2. The fourth-order valence-corrected chi connectivity index (χ4v) is 2.80. The molecule has 0 aromatic heterocycles. The molecular formula is C21H24N2O4. The normalized spacial score (nSPS) is 11.4. The van der Waals surface area contributed by atoms with E-state index < -0.39 is 17.9 Å². The van der Waals surface area contributed by atoms with Crippen LogP contribution >= 0.6 is 0 Å². The van der Waals surface area contributed by atoms with Gasteiger partial charge in [-0.15, -0.1) is 0 Å². The van der Waals surface area contributed by atoms with Gasteiger partial charge in [0.1, 0.15) is 0 Å². The van der Waals surface area contributed by atoms with Crippen molar-refractivity contribution in [3.8, 4) is 0 Å². The summed E-state index contributed by atoms with van der Waals surface area (Å²) in [7, 11) is 0. The molecule has 0 unspecified atom stereocenters. The molecule has 0 aliphatic carbocycles. The topological polar surface area (TPSA) is 84.5 Å². The molecule has 6 nitrogen and oxygen atoms in total. The van der Waals surface area contributed by atoms with E-state index in [-0.39, 0.29) is 18.9 Å². The summed E-state index contributed by atoms with van der Waals surface area (Å²) in [6.07, 6.45) is -0.0551. The molecular weight excluding hydrogens is 344 g/mol. The number of amides is 2. The van der Waals surface area contributed by atoms with Crippen molar-refractivity contribution in [1.29, 1.82) is 0 Å². The highest BCUT2D eigenvalue weighted by Gasteiger charge is 2.18. The second-order valence-electron chi connectivity index (χ2n) is 6.45. The molecule has 27 heavy (non-hydrogen) atoms. The first kappa shape index (κ1) is 20.2. The maximum absolute atomic E-state index is 12.1. The van der Waals surface area contributed by atoms with Crippen molar-refractivity contribution < 1.29 is 19.1 Å². The maximum Gasteiger partial charge on any atom is 0.308 e. The Hall–Kier alpha value is -3.15. The number of anilines is 1. The van der Waals surface area contributed by atoms with Crippen LogP contribution in [-0.2, 0) is 19.1 Å². The lowest BCUT2D eigenvalue weighted by Crippen LogP contribution is -2.29. The third-order valence-corrected chi connectivity index (χ3v) is 3.82. The summed E-state index contributed by atoms with van der Waals surface area (Å²) in [5.41, 5.74) is 3.52. The molecule has 2 rings (SSSR count). The van der Waals surface area contributed by atoms with Gasteiger partial charge in [0.15, 0.2) is 6.61 Å². The summed E-state index contributed by atoms with van der Waals surface area (Å²) in [5, 5.41) is 5.44. The van der Waals surface area contributed by atoms with E-state index >= 15 is 0 Å². The quantitative estimate of drug-likeness (QED) is 0.736. The van der Waals surface area contributed by atoms with Gasteiger partial charge in [-0.3, -0.25) is 14.4 Å². The van der Waals surface area contributed by atoms with Crippen molar-refractivity contribution in [2.45, 2.75) is 33.2 Å². The van der Waals surface area contributed by atoms with Gasteiger partial charge in [0.25, 0.3) is 5.91 Å². The molecule has 2 N–H and O–H groups in total. The van der Waals surface area contributed by atoms with Crippen LogP contribution in [0.3, 0.4) is 0 Å². The standard InChI is InChI=1S/C21H24N2O4/c1-14-9-15(2)11-18(10-14)23-20(25)13-27-21(26)12-19(22-16(3)24)17-7-5-4-6-8-17/h4-11,19H,12-13H2,1-3H3,(H,22,24)(H,23,25)/t19-/m0/s1. The third-order valence-electron chi connectivity index (χ3n) is 3.82. The van der Waals surface area contributed by atoms with E-state index in [9.17, 15) is 14.4 Å². The minimum atomic E-state index is -0.562. The van der Waals surface area contributed by atoms with Gasteiger partial charge < -0.3 is 15.4 Å². The molecule has 0 aliphatic heterocycles. The van der Waals surface area contributed by atoms with Crippen molar-refractivity contribution in [3.05, 3.63) is 65.2 Å². The van der Waals surface area contributed by atoms with Crippen LogP contribution < -0.4 is 10.6 Å². The number of aryl methyl sites for hydroxylation is 2. The summed E-state index contributed by atoms with van der Waals surface area (Å²) in [6.45, 7) is 4.88. The van der Waals surface area contributed by atoms with Crippen LogP contribution in [0.4, 0.5) is 5.69 Å². The molecule has 2 aromatic rings. The Labute approximate surface area is 158 Å². The molecule has 0 spiro atoms. The first-order valence-corrected chi connectivity index (χ1v) is 8.69. The van der Waals surface area contributed by atoms with Gasteiger partial charge in [0.05, 0.1) is 12.5 Å². The fraction of sp³-hybridized carbons (Fsp3) is 0.286. The number of ether oxygens (including phenoxy) is 1. The monoisotopic (exact) mass is 368 g/mol. The first-order valence-electron chi connectivity index (χ1n) is 8.69. The Morgan fingerprint density at radius 2 is 1.63 bits per heavy atom. The zero-order valence-electron chi connectivity index (χ0n) is 15.7. The Balaban J connectivity index is 1.89. The second kappa shape index (κ2) is 9.52. The Morgan fingerprint density at radius 1 is 1.00 bits per heavy atom. The molecule has 0 saturated carbocycles. The van der Waals surface area contributed by atoms with Gasteiger partial charge in [-0.2, -0.15) is 0 Å².